The van der Waals surface area contributed by atoms with E-state index >= 15 is 0 Å². The largest absolute Gasteiger partial charge is 0.496 e. The van der Waals surface area contributed by atoms with Gasteiger partial charge in [0.15, 0.2) is 0 Å². The summed E-state index contributed by atoms with van der Waals surface area (Å²) in [5.41, 5.74) is 3.93. The average Bonchev–Trinajstić information content (AvgIpc) is 3.03. The lowest BCUT2D eigenvalue weighted by atomic mass is 9.90. The Labute approximate surface area is 269 Å². The number of methoxy groups -OCH3 is 1. The number of anilines is 1. The molecule has 1 aliphatic carbocycles. The molecular weight excluding hydrogens is 562 g/mol. The van der Waals surface area contributed by atoms with Crippen LogP contribution >= 0.6 is 0 Å². The topological polar surface area (TPSA) is 60.0 Å². The number of likely N-dealkylation sites (N-methyl/N-ethyl adjacent to an activating group) is 1. The summed E-state index contributed by atoms with van der Waals surface area (Å²) in [5.74, 6) is 0.891. The maximum atomic E-state index is 12.8. The third-order valence-corrected chi connectivity index (χ3v) is 9.31. The normalized spacial score (nSPS) is 18.7. The van der Waals surface area contributed by atoms with Gasteiger partial charge in [-0.3, -0.25) is 10.2 Å². The smallest absolute Gasteiger partial charge is 0.411 e. The minimum Gasteiger partial charge on any atom is -0.496 e. The molecule has 1 fully saturated rings. The Morgan fingerprint density at radius 1 is 0.867 bits per heavy atom. The molecule has 1 heterocycles. The van der Waals surface area contributed by atoms with Crippen LogP contribution in [0.4, 0.5) is 10.5 Å². The van der Waals surface area contributed by atoms with Crippen molar-refractivity contribution in [1.82, 2.24) is 4.90 Å². The summed E-state index contributed by atoms with van der Waals surface area (Å²) in [5, 5.41) is 2.99. The Bertz CT molecular complexity index is 1380. The number of likely N-dealkylation sites (tertiary alicyclic amines) is 1. The molecule has 0 aromatic heterocycles. The average molecular weight is 613 g/mol. The Kier molecular flexibility index (Phi) is 11.7. The first-order valence-electron chi connectivity index (χ1n) is 16.5. The SMILES string of the molecule is COc1ccccc1COCCCCCC[N+](C)(C)C1C=CC1N1CCC(OC(=O)Nc2ccccc2-c2ccccc2)CC1. The van der Waals surface area contributed by atoms with Crippen molar-refractivity contribution >= 4 is 11.8 Å². The van der Waals surface area contributed by atoms with E-state index in [4.69, 9.17) is 14.2 Å². The minimum atomic E-state index is -0.376. The summed E-state index contributed by atoms with van der Waals surface area (Å²) >= 11 is 0. The lowest BCUT2D eigenvalue weighted by Crippen LogP contribution is -2.62. The number of para-hydroxylation sites is 2. The van der Waals surface area contributed by atoms with Gasteiger partial charge in [0, 0.05) is 30.8 Å². The van der Waals surface area contributed by atoms with Crippen molar-refractivity contribution < 1.29 is 23.5 Å². The summed E-state index contributed by atoms with van der Waals surface area (Å²) in [6, 6.07) is 27.0. The van der Waals surface area contributed by atoms with Gasteiger partial charge in [-0.15, -0.1) is 0 Å². The Hall–Kier alpha value is -3.65. The lowest BCUT2D eigenvalue weighted by molar-refractivity contribution is -0.912. The fourth-order valence-corrected chi connectivity index (χ4v) is 6.57. The zero-order chi connectivity index (χ0) is 31.5. The number of nitrogens with one attached hydrogen (secondary N) is 1. The molecule has 7 nitrogen and oxygen atoms in total. The Morgan fingerprint density at radius 2 is 1.58 bits per heavy atom. The highest BCUT2D eigenvalue weighted by molar-refractivity contribution is 5.91. The van der Waals surface area contributed by atoms with Crippen molar-refractivity contribution in [2.24, 2.45) is 0 Å². The van der Waals surface area contributed by atoms with E-state index in [-0.39, 0.29) is 12.2 Å². The molecule has 1 N–H and O–H groups in total. The predicted molar refractivity (Wildman–Crippen MR) is 181 cm³/mol. The van der Waals surface area contributed by atoms with Crippen LogP contribution < -0.4 is 10.1 Å². The van der Waals surface area contributed by atoms with Crippen LogP contribution in [0, 0.1) is 0 Å². The van der Waals surface area contributed by atoms with Gasteiger partial charge in [0.25, 0.3) is 0 Å². The molecule has 7 heteroatoms. The summed E-state index contributed by atoms with van der Waals surface area (Å²) in [7, 11) is 6.44. The quantitative estimate of drug-likeness (QED) is 0.109. The molecule has 240 valence electrons. The molecule has 2 unspecified atom stereocenters. The molecule has 1 saturated heterocycles. The van der Waals surface area contributed by atoms with Crippen molar-refractivity contribution in [3.63, 3.8) is 0 Å². The van der Waals surface area contributed by atoms with Gasteiger partial charge in [0.05, 0.1) is 46.1 Å². The van der Waals surface area contributed by atoms with E-state index in [0.29, 0.717) is 18.7 Å². The van der Waals surface area contributed by atoms with E-state index < -0.39 is 0 Å². The fraction of sp³-hybridized carbons (Fsp3) is 0.447. The van der Waals surface area contributed by atoms with Gasteiger partial charge in [-0.05, 0) is 55.9 Å². The van der Waals surface area contributed by atoms with Crippen LogP contribution in [0.3, 0.4) is 0 Å². The molecule has 0 saturated carbocycles. The molecule has 2 atom stereocenters. The number of quaternary nitrogens is 1. The van der Waals surface area contributed by atoms with E-state index in [0.717, 1.165) is 78.1 Å². The van der Waals surface area contributed by atoms with Crippen molar-refractivity contribution in [2.45, 2.75) is 63.3 Å². The number of benzene rings is 3. The number of amides is 1. The minimum absolute atomic E-state index is 0.0613. The molecule has 0 radical (unpaired) electrons. The van der Waals surface area contributed by atoms with Gasteiger partial charge < -0.3 is 18.7 Å². The second-order valence-corrected chi connectivity index (χ2v) is 12.8. The zero-order valence-corrected chi connectivity index (χ0v) is 27.2. The van der Waals surface area contributed by atoms with Crippen molar-refractivity contribution in [3.05, 3.63) is 96.6 Å². The Balaban J connectivity index is 0.978. The standard InChI is InChI=1S/C38H49N3O4/c1-41(2,27-13-4-5-14-28-44-29-31-17-9-12-20-37(31)43-3)36-22-21-35(36)40-25-23-32(24-26-40)45-38(42)39-34-19-11-10-18-33(34)30-15-7-6-8-16-30/h6-12,15-22,32,35-36H,4-5,13-14,23-29H2,1-3H3/p+1. The van der Waals surface area contributed by atoms with Crippen molar-refractivity contribution in [3.8, 4) is 16.9 Å². The molecule has 5 rings (SSSR count). The maximum Gasteiger partial charge on any atom is 0.411 e. The second-order valence-electron chi connectivity index (χ2n) is 12.8. The molecule has 1 aliphatic heterocycles. The first-order valence-corrected chi connectivity index (χ1v) is 16.5. The van der Waals surface area contributed by atoms with E-state index in [2.05, 4.69) is 42.5 Å². The predicted octanol–water partition coefficient (Wildman–Crippen LogP) is 7.54. The number of ether oxygens (including phenoxy) is 3. The van der Waals surface area contributed by atoms with Crippen LogP contribution in [-0.4, -0.2) is 81.1 Å². The number of hydrogen-bond acceptors (Lipinski definition) is 5. The fourth-order valence-electron chi connectivity index (χ4n) is 6.57. The molecule has 2 aliphatic rings. The number of carbonyl (C=O) groups is 1. The van der Waals surface area contributed by atoms with Crippen LogP contribution in [0.25, 0.3) is 11.1 Å². The molecular formula is C38H50N3O4+. The van der Waals surface area contributed by atoms with E-state index in [1.165, 1.54) is 19.3 Å². The second kappa shape index (κ2) is 16.1. The van der Waals surface area contributed by atoms with Crippen LogP contribution in [0.1, 0.15) is 44.1 Å². The Morgan fingerprint density at radius 3 is 2.33 bits per heavy atom. The summed E-state index contributed by atoms with van der Waals surface area (Å²) in [6.07, 6.45) is 10.7. The lowest BCUT2D eigenvalue weighted by Gasteiger charge is -2.49. The first kappa shape index (κ1) is 32.7. The molecule has 0 spiro atoms. The molecule has 3 aromatic carbocycles. The summed E-state index contributed by atoms with van der Waals surface area (Å²) in [6.45, 7) is 4.44. The molecule has 1 amide bonds. The van der Waals surface area contributed by atoms with Crippen LogP contribution in [-0.2, 0) is 16.1 Å². The third kappa shape index (κ3) is 8.97. The number of carbonyl (C=O) groups excluding carboxylic acids is 1. The molecule has 3 aromatic rings. The maximum absolute atomic E-state index is 12.8. The number of nitrogens with zero attached hydrogens (tertiary/aromatic N) is 2. The van der Waals surface area contributed by atoms with E-state index in [9.17, 15) is 4.79 Å². The first-order chi connectivity index (χ1) is 21.9. The molecule has 45 heavy (non-hydrogen) atoms. The molecule has 0 bridgehead atoms. The number of piperidine rings is 1. The highest BCUT2D eigenvalue weighted by atomic mass is 16.6. The number of rotatable bonds is 15. The zero-order valence-electron chi connectivity index (χ0n) is 27.2. The van der Waals surface area contributed by atoms with Gasteiger partial charge >= 0.3 is 6.09 Å². The van der Waals surface area contributed by atoms with Crippen LogP contribution in [0.5, 0.6) is 5.75 Å². The van der Waals surface area contributed by atoms with Gasteiger partial charge in [0.1, 0.15) is 17.9 Å². The van der Waals surface area contributed by atoms with Gasteiger partial charge in [-0.25, -0.2) is 4.79 Å². The van der Waals surface area contributed by atoms with Crippen molar-refractivity contribution in [2.75, 3.05) is 52.8 Å². The summed E-state index contributed by atoms with van der Waals surface area (Å²) in [4.78, 5) is 15.4. The van der Waals surface area contributed by atoms with Crippen LogP contribution in [0.15, 0.2) is 91.0 Å². The van der Waals surface area contributed by atoms with Crippen LogP contribution in [0.2, 0.25) is 0 Å². The van der Waals surface area contributed by atoms with E-state index in [1.807, 2.05) is 72.8 Å². The third-order valence-electron chi connectivity index (χ3n) is 9.31. The number of hydrogen-bond donors (Lipinski definition) is 1. The highest BCUT2D eigenvalue weighted by Gasteiger charge is 2.42. The summed E-state index contributed by atoms with van der Waals surface area (Å²) < 4.78 is 18.2. The van der Waals surface area contributed by atoms with Gasteiger partial charge in [-0.2, -0.15) is 0 Å². The monoisotopic (exact) mass is 612 g/mol. The number of unbranched alkanes of at least 4 members (excludes halogenated alkanes) is 3. The highest BCUT2D eigenvalue weighted by Crippen LogP contribution is 2.31. The van der Waals surface area contributed by atoms with E-state index in [1.54, 1.807) is 7.11 Å². The van der Waals surface area contributed by atoms with Crippen molar-refractivity contribution in [1.29, 1.82) is 0 Å². The van der Waals surface area contributed by atoms with Gasteiger partial charge in [0.2, 0.25) is 0 Å². The van der Waals surface area contributed by atoms with Gasteiger partial charge in [-0.1, -0.05) is 79.2 Å².